The summed E-state index contributed by atoms with van der Waals surface area (Å²) in [6.07, 6.45) is -0.303. The van der Waals surface area contributed by atoms with Crippen molar-refractivity contribution in [3.63, 3.8) is 0 Å². The lowest BCUT2D eigenvalue weighted by molar-refractivity contribution is -0.150. The summed E-state index contributed by atoms with van der Waals surface area (Å²) in [6, 6.07) is 13.0. The van der Waals surface area contributed by atoms with Crippen LogP contribution in [0.3, 0.4) is 0 Å². The van der Waals surface area contributed by atoms with Crippen molar-refractivity contribution in [2.75, 3.05) is 26.4 Å². The maximum atomic E-state index is 11.9. The highest BCUT2D eigenvalue weighted by atomic mass is 16.6. The van der Waals surface area contributed by atoms with E-state index in [4.69, 9.17) is 18.9 Å². The number of benzene rings is 2. The molecule has 148 valence electrons. The van der Waals surface area contributed by atoms with E-state index in [1.165, 1.54) is 0 Å². The molecule has 1 heterocycles. The van der Waals surface area contributed by atoms with Gasteiger partial charge in [0.1, 0.15) is 18.5 Å². The van der Waals surface area contributed by atoms with Gasteiger partial charge in [-0.2, -0.15) is 0 Å². The van der Waals surface area contributed by atoms with Crippen molar-refractivity contribution < 1.29 is 28.5 Å². The lowest BCUT2D eigenvalue weighted by atomic mass is 10.1. The first-order valence-electron chi connectivity index (χ1n) is 9.01. The smallest absolute Gasteiger partial charge is 0.344 e. The first kappa shape index (κ1) is 19.5. The van der Waals surface area contributed by atoms with Gasteiger partial charge >= 0.3 is 5.97 Å². The summed E-state index contributed by atoms with van der Waals surface area (Å²) in [4.78, 5) is 23.6. The Bertz CT molecular complexity index is 830. The zero-order valence-electron chi connectivity index (χ0n) is 15.9. The summed E-state index contributed by atoms with van der Waals surface area (Å²) in [5, 5.41) is 2.67. The molecule has 7 heteroatoms. The van der Waals surface area contributed by atoms with Crippen LogP contribution in [-0.2, 0) is 14.3 Å². The van der Waals surface area contributed by atoms with Crippen molar-refractivity contribution in [1.29, 1.82) is 0 Å². The van der Waals surface area contributed by atoms with Crippen LogP contribution in [0.15, 0.2) is 42.5 Å². The Morgan fingerprint density at radius 1 is 1.07 bits per heavy atom. The minimum Gasteiger partial charge on any atom is -0.486 e. The highest BCUT2D eigenvalue weighted by Gasteiger charge is 2.21. The molecule has 0 radical (unpaired) electrons. The molecule has 0 aromatic heterocycles. The van der Waals surface area contributed by atoms with E-state index in [1.807, 2.05) is 50.2 Å². The fraction of sp³-hybridized carbons (Fsp3) is 0.333. The molecular formula is C21H23NO6. The number of carbonyl (C=O) groups is 2. The second-order valence-electron chi connectivity index (χ2n) is 6.57. The molecule has 0 spiro atoms. The fourth-order valence-electron chi connectivity index (χ4n) is 2.79. The number of amides is 1. The molecule has 1 N–H and O–H groups in total. The van der Waals surface area contributed by atoms with Crippen molar-refractivity contribution in [1.82, 2.24) is 5.32 Å². The molecule has 0 unspecified atom stereocenters. The minimum atomic E-state index is -0.611. The largest absolute Gasteiger partial charge is 0.486 e. The molecule has 1 aliphatic rings. The van der Waals surface area contributed by atoms with Gasteiger partial charge in [-0.25, -0.2) is 4.79 Å². The lowest BCUT2D eigenvalue weighted by Crippen LogP contribution is -2.42. The summed E-state index contributed by atoms with van der Waals surface area (Å²) in [5.74, 6) is 0.891. The maximum absolute atomic E-state index is 11.9. The first-order chi connectivity index (χ1) is 13.5. The van der Waals surface area contributed by atoms with E-state index in [0.717, 1.165) is 11.1 Å². The van der Waals surface area contributed by atoms with Crippen LogP contribution in [0, 0.1) is 13.8 Å². The molecule has 0 bridgehead atoms. The number of hydrogen-bond donors (Lipinski definition) is 1. The highest BCUT2D eigenvalue weighted by molar-refractivity contribution is 5.80. The third-order valence-electron chi connectivity index (χ3n) is 4.01. The second-order valence-corrected chi connectivity index (χ2v) is 6.57. The third-order valence-corrected chi connectivity index (χ3v) is 4.01. The van der Waals surface area contributed by atoms with E-state index in [-0.39, 0.29) is 25.9 Å². The topological polar surface area (TPSA) is 83.1 Å². The first-order valence-corrected chi connectivity index (χ1v) is 9.01. The number of esters is 1. The fourth-order valence-corrected chi connectivity index (χ4v) is 2.79. The van der Waals surface area contributed by atoms with Crippen LogP contribution in [0.4, 0.5) is 0 Å². The Morgan fingerprint density at radius 3 is 2.54 bits per heavy atom. The normalized spacial score (nSPS) is 14.9. The van der Waals surface area contributed by atoms with E-state index in [9.17, 15) is 9.59 Å². The summed E-state index contributed by atoms with van der Waals surface area (Å²) in [7, 11) is 0. The van der Waals surface area contributed by atoms with E-state index < -0.39 is 11.9 Å². The van der Waals surface area contributed by atoms with Gasteiger partial charge in [-0.3, -0.25) is 4.79 Å². The Kier molecular flexibility index (Phi) is 6.37. The van der Waals surface area contributed by atoms with Gasteiger partial charge in [-0.1, -0.05) is 18.2 Å². The molecule has 7 nitrogen and oxygen atoms in total. The highest BCUT2D eigenvalue weighted by Crippen LogP contribution is 2.30. The maximum Gasteiger partial charge on any atom is 0.344 e. The van der Waals surface area contributed by atoms with Gasteiger partial charge in [-0.05, 0) is 49.2 Å². The van der Waals surface area contributed by atoms with Crippen LogP contribution in [0.1, 0.15) is 11.1 Å². The quantitative estimate of drug-likeness (QED) is 0.736. The molecule has 0 saturated heterocycles. The molecular weight excluding hydrogens is 362 g/mol. The van der Waals surface area contributed by atoms with Crippen LogP contribution in [0.5, 0.6) is 17.2 Å². The predicted molar refractivity (Wildman–Crippen MR) is 102 cm³/mol. The monoisotopic (exact) mass is 385 g/mol. The van der Waals surface area contributed by atoms with Crippen molar-refractivity contribution in [3.8, 4) is 17.2 Å². The van der Waals surface area contributed by atoms with Crippen LogP contribution in [0.25, 0.3) is 0 Å². The summed E-state index contributed by atoms with van der Waals surface area (Å²) in [6.45, 7) is 3.85. The van der Waals surface area contributed by atoms with E-state index >= 15 is 0 Å². The SMILES string of the molecule is Cc1cc(C)cc(OCC(=O)OCC(=O)NC[C@@H]2COc3ccccc3O2)c1. The Hall–Kier alpha value is -3.22. The average Bonchev–Trinajstić information content (AvgIpc) is 2.68. The van der Waals surface area contributed by atoms with Crippen molar-refractivity contribution >= 4 is 11.9 Å². The number of aryl methyl sites for hydroxylation is 2. The average molecular weight is 385 g/mol. The van der Waals surface area contributed by atoms with Crippen molar-refractivity contribution in [2.45, 2.75) is 20.0 Å². The van der Waals surface area contributed by atoms with Gasteiger partial charge in [-0.15, -0.1) is 0 Å². The molecule has 0 aliphatic carbocycles. The molecule has 1 amide bonds. The van der Waals surface area contributed by atoms with Gasteiger partial charge in [0.2, 0.25) is 0 Å². The molecule has 1 aliphatic heterocycles. The van der Waals surface area contributed by atoms with Crippen LogP contribution in [-0.4, -0.2) is 44.3 Å². The zero-order chi connectivity index (χ0) is 19.9. The van der Waals surface area contributed by atoms with Crippen LogP contribution < -0.4 is 19.5 Å². The number of nitrogens with one attached hydrogen (secondary N) is 1. The molecule has 0 fully saturated rings. The zero-order valence-corrected chi connectivity index (χ0v) is 15.9. The van der Waals surface area contributed by atoms with Gasteiger partial charge in [0.15, 0.2) is 24.7 Å². The third kappa shape index (κ3) is 5.64. The summed E-state index contributed by atoms with van der Waals surface area (Å²) >= 11 is 0. The van der Waals surface area contributed by atoms with E-state index in [2.05, 4.69) is 5.32 Å². The van der Waals surface area contributed by atoms with Gasteiger partial charge in [0.05, 0.1) is 6.54 Å². The Labute approximate surface area is 163 Å². The minimum absolute atomic E-state index is 0.254. The van der Waals surface area contributed by atoms with Gasteiger partial charge < -0.3 is 24.3 Å². The van der Waals surface area contributed by atoms with Crippen molar-refractivity contribution in [2.24, 2.45) is 0 Å². The number of hydrogen-bond acceptors (Lipinski definition) is 6. The number of carbonyl (C=O) groups excluding carboxylic acids is 2. The molecule has 2 aromatic rings. The number of fused-ring (bicyclic) bond motifs is 1. The standard InChI is InChI=1S/C21H23NO6/c1-14-7-15(2)9-16(8-14)25-13-21(24)27-12-20(23)22-10-17-11-26-18-5-3-4-6-19(18)28-17/h3-9,17H,10-13H2,1-2H3,(H,22,23)/t17-/m1/s1. The molecule has 1 atom stereocenters. The van der Waals surface area contributed by atoms with Crippen LogP contribution in [0.2, 0.25) is 0 Å². The molecule has 28 heavy (non-hydrogen) atoms. The molecule has 0 saturated carbocycles. The van der Waals surface area contributed by atoms with Crippen LogP contribution >= 0.6 is 0 Å². The number of ether oxygens (including phenoxy) is 4. The lowest BCUT2D eigenvalue weighted by Gasteiger charge is -2.26. The molecule has 2 aromatic carbocycles. The Balaban J connectivity index is 1.34. The van der Waals surface area contributed by atoms with Crippen molar-refractivity contribution in [3.05, 3.63) is 53.6 Å². The Morgan fingerprint density at radius 2 is 1.79 bits per heavy atom. The van der Waals surface area contributed by atoms with Gasteiger partial charge in [0, 0.05) is 0 Å². The van der Waals surface area contributed by atoms with E-state index in [0.29, 0.717) is 23.9 Å². The number of para-hydroxylation sites is 2. The second kappa shape index (κ2) is 9.12. The predicted octanol–water partition coefficient (Wildman–Crippen LogP) is 2.18. The van der Waals surface area contributed by atoms with E-state index in [1.54, 1.807) is 6.07 Å². The molecule has 3 rings (SSSR count). The van der Waals surface area contributed by atoms with Gasteiger partial charge in [0.25, 0.3) is 5.91 Å². The summed E-state index contributed by atoms with van der Waals surface area (Å²) in [5.41, 5.74) is 2.08. The number of rotatable bonds is 7. The summed E-state index contributed by atoms with van der Waals surface area (Å²) < 4.78 is 21.7.